The smallest absolute Gasteiger partial charge is 0.261 e. The summed E-state index contributed by atoms with van der Waals surface area (Å²) in [7, 11) is -3.94. The van der Waals surface area contributed by atoms with Crippen molar-refractivity contribution in [3.63, 3.8) is 0 Å². The van der Waals surface area contributed by atoms with Crippen LogP contribution in [0.4, 0.5) is 0 Å². The number of benzene rings is 5. The zero-order valence-corrected chi connectivity index (χ0v) is 37.9. The number of hydrogen-bond donors (Lipinski definition) is 0. The Balaban J connectivity index is 1.32. The fourth-order valence-electron chi connectivity index (χ4n) is 10.5. The molecule has 0 spiro atoms. The standard InChI is InChI=1S/C52H64O4Si2/c1-50(2,3)57(46-23-12-8-13-24-46,47-25-14-9-15-26-47)55-39-43-22-20-21-42-33-34-44(38-54-37-41-31-35-45(53-7)36-32-41)52(42,43)40-56-58(51(4,5)6,48-27-16-10-17-28-48)49-29-18-11-19-30-49/h8-19,21,23-32,35-36,43-44H,20,22,33-34,37-40H2,1-7H3/t43-,44-,52+/m1/s1. The molecule has 6 heteroatoms. The SMILES string of the molecule is COc1ccc(COC[C@H]2CCC3=CCC[C@H](CO[Si](c4ccccc4)(c4ccccc4)C(C)(C)C)[C@]32CO[Si](c2ccccc2)(c2ccccc2)C(C)(C)C)cc1. The van der Waals surface area contributed by atoms with Crippen LogP contribution >= 0.6 is 0 Å². The van der Waals surface area contributed by atoms with Gasteiger partial charge in [0.25, 0.3) is 16.6 Å². The van der Waals surface area contributed by atoms with Crippen molar-refractivity contribution in [2.24, 2.45) is 17.3 Å². The minimum atomic E-state index is -2.86. The van der Waals surface area contributed by atoms with Gasteiger partial charge in [-0.1, -0.05) is 187 Å². The summed E-state index contributed by atoms with van der Waals surface area (Å²) in [5.74, 6) is 1.40. The summed E-state index contributed by atoms with van der Waals surface area (Å²) in [6, 6.07) is 52.7. The van der Waals surface area contributed by atoms with E-state index in [2.05, 4.69) is 181 Å². The molecule has 0 aliphatic heterocycles. The van der Waals surface area contributed by atoms with E-state index in [1.54, 1.807) is 12.7 Å². The average molecular weight is 809 g/mol. The Morgan fingerprint density at radius 2 is 1.00 bits per heavy atom. The molecular formula is C52H64O4Si2. The molecule has 0 bridgehead atoms. The van der Waals surface area contributed by atoms with Gasteiger partial charge in [-0.05, 0) is 86.0 Å². The third-order valence-electron chi connectivity index (χ3n) is 13.3. The molecule has 0 saturated heterocycles. The average Bonchev–Trinajstić information content (AvgIpc) is 3.60. The van der Waals surface area contributed by atoms with Crippen LogP contribution in [0.2, 0.25) is 10.1 Å². The third kappa shape index (κ3) is 7.99. The van der Waals surface area contributed by atoms with Crippen molar-refractivity contribution in [2.75, 3.05) is 26.9 Å². The summed E-state index contributed by atoms with van der Waals surface area (Å²) < 4.78 is 28.1. The van der Waals surface area contributed by atoms with E-state index in [0.717, 1.165) is 37.0 Å². The maximum atomic E-state index is 8.01. The van der Waals surface area contributed by atoms with Crippen LogP contribution < -0.4 is 25.5 Å². The van der Waals surface area contributed by atoms with Crippen LogP contribution in [0.1, 0.15) is 72.8 Å². The fourth-order valence-corrected chi connectivity index (χ4v) is 19.7. The molecule has 0 unspecified atom stereocenters. The highest BCUT2D eigenvalue weighted by atomic mass is 28.4. The second-order valence-electron chi connectivity index (χ2n) is 18.6. The van der Waals surface area contributed by atoms with Gasteiger partial charge in [0.1, 0.15) is 5.75 Å². The zero-order valence-electron chi connectivity index (χ0n) is 35.9. The number of rotatable bonds is 15. The van der Waals surface area contributed by atoms with Crippen LogP contribution in [-0.4, -0.2) is 43.6 Å². The summed E-state index contributed by atoms with van der Waals surface area (Å²) in [6.45, 7) is 16.9. The highest BCUT2D eigenvalue weighted by Crippen LogP contribution is 2.58. The summed E-state index contributed by atoms with van der Waals surface area (Å²) in [6.07, 6.45) is 6.83. The lowest BCUT2D eigenvalue weighted by Gasteiger charge is -2.51. The number of ether oxygens (including phenoxy) is 2. The Morgan fingerprint density at radius 3 is 1.45 bits per heavy atom. The van der Waals surface area contributed by atoms with Gasteiger partial charge in [0, 0.05) is 18.6 Å². The molecule has 0 amide bonds. The topological polar surface area (TPSA) is 36.9 Å². The van der Waals surface area contributed by atoms with E-state index in [1.165, 1.54) is 20.7 Å². The number of hydrogen-bond acceptors (Lipinski definition) is 4. The predicted molar refractivity (Wildman–Crippen MR) is 246 cm³/mol. The van der Waals surface area contributed by atoms with Crippen molar-refractivity contribution < 1.29 is 18.3 Å². The monoisotopic (exact) mass is 808 g/mol. The fraction of sp³-hybridized carbons (Fsp3) is 0.385. The normalized spacial score (nSPS) is 20.0. The lowest BCUT2D eigenvalue weighted by atomic mass is 9.63. The van der Waals surface area contributed by atoms with Gasteiger partial charge in [0.15, 0.2) is 0 Å². The van der Waals surface area contributed by atoms with Gasteiger partial charge >= 0.3 is 0 Å². The molecule has 304 valence electrons. The van der Waals surface area contributed by atoms with Crippen molar-refractivity contribution >= 4 is 37.4 Å². The Bertz CT molecular complexity index is 1990. The van der Waals surface area contributed by atoms with E-state index in [1.807, 2.05) is 12.1 Å². The molecule has 7 rings (SSSR count). The lowest BCUT2D eigenvalue weighted by molar-refractivity contribution is -0.0205. The first-order valence-corrected chi connectivity index (χ1v) is 25.2. The van der Waals surface area contributed by atoms with Crippen LogP contribution in [0.5, 0.6) is 5.75 Å². The zero-order chi connectivity index (χ0) is 40.9. The highest BCUT2D eigenvalue weighted by Gasteiger charge is 2.58. The van der Waals surface area contributed by atoms with Gasteiger partial charge < -0.3 is 18.3 Å². The Kier molecular flexibility index (Phi) is 12.8. The second kappa shape index (κ2) is 17.7. The van der Waals surface area contributed by atoms with Crippen LogP contribution in [0.3, 0.4) is 0 Å². The molecule has 0 N–H and O–H groups in total. The van der Waals surface area contributed by atoms with Crippen molar-refractivity contribution in [1.29, 1.82) is 0 Å². The molecule has 0 radical (unpaired) electrons. The largest absolute Gasteiger partial charge is 0.497 e. The Hall–Kier alpha value is -4.05. The molecule has 3 atom stereocenters. The van der Waals surface area contributed by atoms with Gasteiger partial charge in [-0.25, -0.2) is 0 Å². The summed E-state index contributed by atoms with van der Waals surface area (Å²) in [5, 5.41) is 5.03. The molecule has 0 heterocycles. The van der Waals surface area contributed by atoms with Gasteiger partial charge in [0.2, 0.25) is 0 Å². The van der Waals surface area contributed by atoms with Crippen molar-refractivity contribution in [1.82, 2.24) is 0 Å². The Labute approximate surface area is 350 Å². The minimum absolute atomic E-state index is 0.113. The molecule has 5 aromatic rings. The Morgan fingerprint density at radius 1 is 0.552 bits per heavy atom. The number of methoxy groups -OCH3 is 1. The van der Waals surface area contributed by atoms with Crippen LogP contribution in [0.15, 0.2) is 157 Å². The van der Waals surface area contributed by atoms with E-state index < -0.39 is 16.6 Å². The summed E-state index contributed by atoms with van der Waals surface area (Å²) in [5.41, 5.74) is 2.46. The molecule has 2 aliphatic carbocycles. The predicted octanol–water partition coefficient (Wildman–Crippen LogP) is 10.1. The van der Waals surface area contributed by atoms with Crippen LogP contribution in [0, 0.1) is 17.3 Å². The molecule has 4 nitrogen and oxygen atoms in total. The minimum Gasteiger partial charge on any atom is -0.497 e. The first-order chi connectivity index (χ1) is 28.0. The van der Waals surface area contributed by atoms with Crippen molar-refractivity contribution in [3.05, 3.63) is 163 Å². The molecule has 0 aromatic heterocycles. The molecule has 58 heavy (non-hydrogen) atoms. The summed E-state index contributed by atoms with van der Waals surface area (Å²) >= 11 is 0. The molecular weight excluding hydrogens is 745 g/mol. The van der Waals surface area contributed by atoms with E-state index in [9.17, 15) is 0 Å². The highest BCUT2D eigenvalue weighted by molar-refractivity contribution is 7.00. The van der Waals surface area contributed by atoms with Crippen molar-refractivity contribution in [2.45, 2.75) is 83.9 Å². The van der Waals surface area contributed by atoms with E-state index in [-0.39, 0.29) is 27.3 Å². The summed E-state index contributed by atoms with van der Waals surface area (Å²) in [4.78, 5) is 0. The molecule has 2 aliphatic rings. The molecule has 1 saturated carbocycles. The number of fused-ring (bicyclic) bond motifs is 1. The van der Waals surface area contributed by atoms with E-state index in [0.29, 0.717) is 26.4 Å². The van der Waals surface area contributed by atoms with Crippen molar-refractivity contribution in [3.8, 4) is 5.75 Å². The van der Waals surface area contributed by atoms with Gasteiger partial charge in [-0.15, -0.1) is 0 Å². The van der Waals surface area contributed by atoms with Gasteiger partial charge in [-0.2, -0.15) is 0 Å². The van der Waals surface area contributed by atoms with Gasteiger partial charge in [-0.3, -0.25) is 0 Å². The first-order valence-electron chi connectivity index (χ1n) is 21.4. The quantitative estimate of drug-likeness (QED) is 0.0780. The maximum Gasteiger partial charge on any atom is 0.261 e. The maximum absolute atomic E-state index is 8.01. The lowest BCUT2D eigenvalue weighted by Crippen LogP contribution is -2.68. The van der Waals surface area contributed by atoms with E-state index in [4.69, 9.17) is 18.3 Å². The van der Waals surface area contributed by atoms with Crippen LogP contribution in [-0.2, 0) is 20.2 Å². The van der Waals surface area contributed by atoms with Gasteiger partial charge in [0.05, 0.1) is 20.3 Å². The van der Waals surface area contributed by atoms with Crippen LogP contribution in [0.25, 0.3) is 0 Å². The molecule has 1 fully saturated rings. The van der Waals surface area contributed by atoms with E-state index >= 15 is 0 Å². The first kappa shape index (κ1) is 42.1. The molecule has 5 aromatic carbocycles. The third-order valence-corrected chi connectivity index (χ3v) is 23.3. The number of allylic oxidation sites excluding steroid dienone is 1. The second-order valence-corrected chi connectivity index (χ2v) is 27.2.